The van der Waals surface area contributed by atoms with E-state index < -0.39 is 11.9 Å². The number of amides is 3. The van der Waals surface area contributed by atoms with E-state index >= 15 is 0 Å². The Bertz CT molecular complexity index is 1150. The predicted octanol–water partition coefficient (Wildman–Crippen LogP) is 3.24. The van der Waals surface area contributed by atoms with Crippen molar-refractivity contribution in [2.75, 3.05) is 0 Å². The van der Waals surface area contributed by atoms with Gasteiger partial charge in [0, 0.05) is 22.2 Å². The molecule has 5 rings (SSSR count). The fourth-order valence-electron chi connectivity index (χ4n) is 3.96. The van der Waals surface area contributed by atoms with E-state index in [1.807, 2.05) is 12.1 Å². The van der Waals surface area contributed by atoms with Crippen molar-refractivity contribution in [3.8, 4) is 5.75 Å². The first kappa shape index (κ1) is 17.9. The maximum absolute atomic E-state index is 12.9. The van der Waals surface area contributed by atoms with Crippen molar-refractivity contribution in [1.29, 1.82) is 0 Å². The van der Waals surface area contributed by atoms with E-state index in [0.717, 1.165) is 11.1 Å². The Morgan fingerprint density at radius 1 is 1.14 bits per heavy atom. The molecule has 1 N–H and O–H groups in total. The number of nitrogens with zero attached hydrogens (tertiary/aromatic N) is 1. The quantitative estimate of drug-likeness (QED) is 0.675. The van der Waals surface area contributed by atoms with Gasteiger partial charge in [0.25, 0.3) is 5.91 Å². The lowest BCUT2D eigenvalue weighted by Crippen LogP contribution is -2.52. The smallest absolute Gasteiger partial charge is 0.255 e. The molecule has 2 aliphatic rings. The van der Waals surface area contributed by atoms with Crippen LogP contribution in [0.1, 0.15) is 34.3 Å². The van der Waals surface area contributed by atoms with E-state index in [1.165, 1.54) is 15.0 Å². The van der Waals surface area contributed by atoms with E-state index in [0.29, 0.717) is 30.9 Å². The van der Waals surface area contributed by atoms with Crippen LogP contribution < -0.4 is 10.1 Å². The predicted molar refractivity (Wildman–Crippen MR) is 109 cm³/mol. The lowest BCUT2D eigenvalue weighted by molar-refractivity contribution is -0.136. The van der Waals surface area contributed by atoms with Crippen LogP contribution in [0.3, 0.4) is 0 Å². The van der Waals surface area contributed by atoms with Gasteiger partial charge in [-0.05, 0) is 53.1 Å². The van der Waals surface area contributed by atoms with Gasteiger partial charge in [-0.3, -0.25) is 19.7 Å². The zero-order valence-electron chi connectivity index (χ0n) is 15.5. The van der Waals surface area contributed by atoms with Crippen LogP contribution in [0.15, 0.2) is 47.8 Å². The number of ether oxygens (including phenoxy) is 1. The molecule has 1 atom stereocenters. The summed E-state index contributed by atoms with van der Waals surface area (Å²) in [6.45, 7) is 0.703. The molecule has 1 unspecified atom stereocenters. The van der Waals surface area contributed by atoms with Crippen LogP contribution >= 0.6 is 11.3 Å². The third-order valence-corrected chi connectivity index (χ3v) is 6.35. The second kappa shape index (κ2) is 7.00. The van der Waals surface area contributed by atoms with Gasteiger partial charge >= 0.3 is 0 Å². The van der Waals surface area contributed by atoms with Gasteiger partial charge in [-0.2, -0.15) is 0 Å². The molecule has 1 aromatic heterocycles. The van der Waals surface area contributed by atoms with Crippen molar-refractivity contribution < 1.29 is 19.1 Å². The van der Waals surface area contributed by atoms with Crippen molar-refractivity contribution in [3.63, 3.8) is 0 Å². The molecule has 1 saturated heterocycles. The third kappa shape index (κ3) is 3.17. The number of carbonyl (C=O) groups is 3. The topological polar surface area (TPSA) is 75.7 Å². The molecule has 6 nitrogen and oxygen atoms in total. The molecule has 146 valence electrons. The molecular weight excluding hydrogens is 388 g/mol. The number of fused-ring (bicyclic) bond motifs is 2. The number of nitrogens with one attached hydrogen (secondary N) is 1. The summed E-state index contributed by atoms with van der Waals surface area (Å²) in [7, 11) is 0. The molecule has 3 aromatic rings. The van der Waals surface area contributed by atoms with Gasteiger partial charge in [-0.25, -0.2) is 0 Å². The van der Waals surface area contributed by atoms with Crippen molar-refractivity contribution in [1.82, 2.24) is 10.2 Å². The zero-order chi connectivity index (χ0) is 20.0. The maximum atomic E-state index is 12.9. The highest BCUT2D eigenvalue weighted by Gasteiger charge is 2.40. The molecule has 0 aliphatic carbocycles. The normalized spacial score (nSPS) is 18.8. The summed E-state index contributed by atoms with van der Waals surface area (Å²) in [6.07, 6.45) is 0.589. The van der Waals surface area contributed by atoms with E-state index in [1.54, 1.807) is 23.5 Å². The first-order valence-electron chi connectivity index (χ1n) is 9.45. The molecule has 2 aromatic carbocycles. The zero-order valence-corrected chi connectivity index (χ0v) is 16.3. The standard InChI is InChI=1S/C22H18N2O4S/c25-20-7-5-17(21(26)23-20)24-11-16-15(22(24)27)2-1-3-18(16)28-12-13-4-6-19-14(10-13)8-9-29-19/h1-4,6,8-10,17H,5,7,11-12H2,(H,23,25,26). The van der Waals surface area contributed by atoms with Crippen LogP contribution in [0, 0.1) is 0 Å². The summed E-state index contributed by atoms with van der Waals surface area (Å²) < 4.78 is 7.29. The van der Waals surface area contributed by atoms with E-state index in [9.17, 15) is 14.4 Å². The Labute approximate surface area is 171 Å². The number of hydrogen-bond donors (Lipinski definition) is 1. The molecule has 0 radical (unpaired) electrons. The van der Waals surface area contributed by atoms with Crippen LogP contribution in [0.5, 0.6) is 5.75 Å². The molecule has 1 fully saturated rings. The minimum Gasteiger partial charge on any atom is -0.489 e. The van der Waals surface area contributed by atoms with E-state index in [2.05, 4.69) is 28.9 Å². The highest BCUT2D eigenvalue weighted by atomic mass is 32.1. The average molecular weight is 406 g/mol. The van der Waals surface area contributed by atoms with E-state index in [-0.39, 0.29) is 18.2 Å². The lowest BCUT2D eigenvalue weighted by atomic mass is 10.0. The Hall–Kier alpha value is -3.19. The van der Waals surface area contributed by atoms with Crippen LogP contribution in [0.4, 0.5) is 0 Å². The molecule has 0 saturated carbocycles. The summed E-state index contributed by atoms with van der Waals surface area (Å²) in [5.41, 5.74) is 2.40. The lowest BCUT2D eigenvalue weighted by Gasteiger charge is -2.29. The van der Waals surface area contributed by atoms with Gasteiger partial charge in [-0.1, -0.05) is 12.1 Å². The fourth-order valence-corrected chi connectivity index (χ4v) is 4.73. The Morgan fingerprint density at radius 3 is 2.90 bits per heavy atom. The summed E-state index contributed by atoms with van der Waals surface area (Å²) in [4.78, 5) is 38.0. The number of piperidine rings is 1. The van der Waals surface area contributed by atoms with Gasteiger partial charge in [-0.15, -0.1) is 11.3 Å². The van der Waals surface area contributed by atoms with Gasteiger partial charge in [0.1, 0.15) is 18.4 Å². The van der Waals surface area contributed by atoms with Crippen molar-refractivity contribution in [2.45, 2.75) is 32.0 Å². The van der Waals surface area contributed by atoms with Crippen molar-refractivity contribution in [2.24, 2.45) is 0 Å². The molecular formula is C22H18N2O4S. The summed E-state index contributed by atoms with van der Waals surface area (Å²) in [6, 6.07) is 13.1. The monoisotopic (exact) mass is 406 g/mol. The first-order valence-corrected chi connectivity index (χ1v) is 10.3. The highest BCUT2D eigenvalue weighted by molar-refractivity contribution is 7.17. The molecule has 3 amide bonds. The number of hydrogen-bond acceptors (Lipinski definition) is 5. The molecule has 2 aliphatic heterocycles. The molecule has 29 heavy (non-hydrogen) atoms. The fraction of sp³-hybridized carbons (Fsp3) is 0.227. The minimum atomic E-state index is -0.624. The maximum Gasteiger partial charge on any atom is 0.255 e. The van der Waals surface area contributed by atoms with Crippen LogP contribution in [-0.2, 0) is 22.7 Å². The van der Waals surface area contributed by atoms with Gasteiger partial charge in [0.05, 0.1) is 6.54 Å². The number of benzene rings is 2. The second-order valence-corrected chi connectivity index (χ2v) is 8.21. The van der Waals surface area contributed by atoms with E-state index in [4.69, 9.17) is 4.74 Å². The highest BCUT2D eigenvalue weighted by Crippen LogP contribution is 2.34. The van der Waals surface area contributed by atoms with Crippen LogP contribution in [-0.4, -0.2) is 28.7 Å². The van der Waals surface area contributed by atoms with Crippen LogP contribution in [0.2, 0.25) is 0 Å². The number of carbonyl (C=O) groups excluding carboxylic acids is 3. The van der Waals surface area contributed by atoms with Gasteiger partial charge < -0.3 is 9.64 Å². The molecule has 0 spiro atoms. The largest absolute Gasteiger partial charge is 0.489 e. The Balaban J connectivity index is 1.36. The summed E-state index contributed by atoms with van der Waals surface area (Å²) in [5.74, 6) is -0.244. The van der Waals surface area contributed by atoms with Gasteiger partial charge in [0.15, 0.2) is 0 Å². The summed E-state index contributed by atoms with van der Waals surface area (Å²) >= 11 is 1.70. The van der Waals surface area contributed by atoms with Crippen LogP contribution in [0.25, 0.3) is 10.1 Å². The van der Waals surface area contributed by atoms with Crippen molar-refractivity contribution >= 4 is 39.1 Å². The second-order valence-electron chi connectivity index (χ2n) is 7.26. The van der Waals surface area contributed by atoms with Crippen molar-refractivity contribution in [3.05, 3.63) is 64.5 Å². The molecule has 0 bridgehead atoms. The van der Waals surface area contributed by atoms with Gasteiger partial charge in [0.2, 0.25) is 11.8 Å². The molecule has 7 heteroatoms. The SMILES string of the molecule is O=C1CCC(N2Cc3c(OCc4ccc5sccc5c4)cccc3C2=O)C(=O)N1. The molecule has 3 heterocycles. The minimum absolute atomic E-state index is 0.195. The average Bonchev–Trinajstić information content (AvgIpc) is 3.31. The Kier molecular flexibility index (Phi) is 4.32. The number of rotatable bonds is 4. The first-order chi connectivity index (χ1) is 14.1. The third-order valence-electron chi connectivity index (χ3n) is 5.45. The Morgan fingerprint density at radius 2 is 2.03 bits per heavy atom. The number of thiophene rings is 1. The number of imide groups is 1. The summed E-state index contributed by atoms with van der Waals surface area (Å²) in [5, 5.41) is 5.58.